The number of primary amides is 1. The Kier molecular flexibility index (Phi) is 6.48. The molecule has 2 rings (SSSR count). The van der Waals surface area contributed by atoms with Crippen LogP contribution in [0.4, 0.5) is 22.0 Å². The van der Waals surface area contributed by atoms with Crippen LogP contribution in [0.3, 0.4) is 0 Å². The van der Waals surface area contributed by atoms with E-state index in [-0.39, 0.29) is 24.8 Å². The van der Waals surface area contributed by atoms with Gasteiger partial charge in [0.15, 0.2) is 17.3 Å². The smallest absolute Gasteiger partial charge is 0.435 e. The van der Waals surface area contributed by atoms with E-state index >= 15 is 0 Å². The number of nitrogens with zero attached hydrogens (tertiary/aromatic N) is 2. The maximum absolute atomic E-state index is 13.9. The highest BCUT2D eigenvalue weighted by Gasteiger charge is 2.32. The van der Waals surface area contributed by atoms with Gasteiger partial charge in [-0.05, 0) is 31.0 Å². The topological polar surface area (TPSA) is 87.3 Å². The summed E-state index contributed by atoms with van der Waals surface area (Å²) < 4.78 is 74.5. The van der Waals surface area contributed by atoms with E-state index in [1.165, 1.54) is 0 Å². The lowest BCUT2D eigenvalue weighted by molar-refractivity contribution is -0.141. The largest absolute Gasteiger partial charge is 0.490 e. The van der Waals surface area contributed by atoms with Gasteiger partial charge in [-0.3, -0.25) is 4.79 Å². The first kappa shape index (κ1) is 20.3. The Morgan fingerprint density at radius 1 is 1.00 bits per heavy atom. The minimum Gasteiger partial charge on any atom is -0.490 e. The molecule has 0 fully saturated rings. The highest BCUT2D eigenvalue weighted by molar-refractivity contribution is 5.93. The van der Waals surface area contributed by atoms with Crippen LogP contribution in [-0.4, -0.2) is 29.3 Å². The average Bonchev–Trinajstić information content (AvgIpc) is 2.59. The van der Waals surface area contributed by atoms with Crippen LogP contribution in [-0.2, 0) is 6.18 Å². The Bertz CT molecular complexity index is 797. The first-order valence-electron chi connectivity index (χ1n) is 7.64. The number of halogens is 5. The molecule has 0 spiro atoms. The zero-order valence-electron chi connectivity index (χ0n) is 13.7. The molecular formula is C16H14F5N3O3. The van der Waals surface area contributed by atoms with Crippen LogP contribution in [0.25, 0.3) is 0 Å². The normalized spacial score (nSPS) is 11.3. The standard InChI is InChI=1S/C16H14F5N3O3/c17-9-3-4-10(14(18)13(9)15(22)25)26-7-1-2-8-27-12-6-5-11(23-24-12)16(19,20)21/h3-6H,1-2,7-8H2,(H2,22,25). The second-order valence-electron chi connectivity index (χ2n) is 5.26. The lowest BCUT2D eigenvalue weighted by atomic mass is 10.1. The Morgan fingerprint density at radius 2 is 1.67 bits per heavy atom. The molecule has 146 valence electrons. The van der Waals surface area contributed by atoms with Gasteiger partial charge in [0.2, 0.25) is 5.88 Å². The molecule has 0 saturated heterocycles. The summed E-state index contributed by atoms with van der Waals surface area (Å²) in [6.45, 7) is 0.143. The van der Waals surface area contributed by atoms with E-state index < -0.39 is 35.0 Å². The number of unbranched alkanes of at least 4 members (excludes halogenated alkanes) is 1. The molecule has 6 nitrogen and oxygen atoms in total. The van der Waals surface area contributed by atoms with Crippen LogP contribution >= 0.6 is 0 Å². The molecular weight excluding hydrogens is 377 g/mol. The zero-order chi connectivity index (χ0) is 20.0. The summed E-state index contributed by atoms with van der Waals surface area (Å²) in [6, 6.07) is 3.70. The van der Waals surface area contributed by atoms with Crippen LogP contribution in [0.15, 0.2) is 24.3 Å². The highest BCUT2D eigenvalue weighted by atomic mass is 19.4. The molecule has 11 heteroatoms. The molecule has 0 bridgehead atoms. The fourth-order valence-corrected chi connectivity index (χ4v) is 1.98. The number of carbonyl (C=O) groups excluding carboxylic acids is 1. The highest BCUT2D eigenvalue weighted by Crippen LogP contribution is 2.27. The van der Waals surface area contributed by atoms with Crippen molar-refractivity contribution in [1.29, 1.82) is 0 Å². The van der Waals surface area contributed by atoms with Crippen molar-refractivity contribution in [2.45, 2.75) is 19.0 Å². The summed E-state index contributed by atoms with van der Waals surface area (Å²) in [4.78, 5) is 11.0. The molecule has 1 aromatic heterocycles. The van der Waals surface area contributed by atoms with Gasteiger partial charge in [-0.25, -0.2) is 8.78 Å². The van der Waals surface area contributed by atoms with Crippen molar-refractivity contribution in [2.75, 3.05) is 13.2 Å². The zero-order valence-corrected chi connectivity index (χ0v) is 13.7. The van der Waals surface area contributed by atoms with Gasteiger partial charge in [0, 0.05) is 6.07 Å². The minimum atomic E-state index is -4.58. The van der Waals surface area contributed by atoms with Gasteiger partial charge < -0.3 is 15.2 Å². The summed E-state index contributed by atoms with van der Waals surface area (Å²) in [5.41, 5.74) is 2.90. The lowest BCUT2D eigenvalue weighted by Crippen LogP contribution is -2.16. The monoisotopic (exact) mass is 391 g/mol. The van der Waals surface area contributed by atoms with Crippen molar-refractivity contribution in [3.05, 3.63) is 47.2 Å². The van der Waals surface area contributed by atoms with E-state index in [9.17, 15) is 26.7 Å². The first-order valence-corrected chi connectivity index (χ1v) is 7.64. The number of nitrogens with two attached hydrogens (primary N) is 1. The van der Waals surface area contributed by atoms with E-state index in [1.54, 1.807) is 0 Å². The van der Waals surface area contributed by atoms with Crippen molar-refractivity contribution in [3.8, 4) is 11.6 Å². The number of hydrogen-bond donors (Lipinski definition) is 1. The molecule has 1 aromatic carbocycles. The van der Waals surface area contributed by atoms with Gasteiger partial charge in [0.05, 0.1) is 13.2 Å². The second kappa shape index (κ2) is 8.60. The molecule has 0 radical (unpaired) electrons. The summed E-state index contributed by atoms with van der Waals surface area (Å²) >= 11 is 0. The van der Waals surface area contributed by atoms with Crippen molar-refractivity contribution in [2.24, 2.45) is 5.73 Å². The number of alkyl halides is 3. The SMILES string of the molecule is NC(=O)c1c(F)ccc(OCCCCOc2ccc(C(F)(F)F)nn2)c1F. The quantitative estimate of drug-likeness (QED) is 0.552. The summed E-state index contributed by atoms with van der Waals surface area (Å²) in [7, 11) is 0. The molecule has 0 atom stereocenters. The average molecular weight is 391 g/mol. The fourth-order valence-electron chi connectivity index (χ4n) is 1.98. The Hall–Kier alpha value is -2.98. The van der Waals surface area contributed by atoms with Crippen molar-refractivity contribution in [3.63, 3.8) is 0 Å². The van der Waals surface area contributed by atoms with Crippen LogP contribution in [0.5, 0.6) is 11.6 Å². The van der Waals surface area contributed by atoms with Gasteiger partial charge in [-0.2, -0.15) is 13.2 Å². The predicted octanol–water partition coefficient (Wildman–Crippen LogP) is 3.11. The van der Waals surface area contributed by atoms with Crippen molar-refractivity contribution < 1.29 is 36.2 Å². The Labute approximate surface area is 150 Å². The van der Waals surface area contributed by atoms with Gasteiger partial charge in [0.1, 0.15) is 11.4 Å². The Balaban J connectivity index is 1.75. The molecule has 0 unspecified atom stereocenters. The third-order valence-corrected chi connectivity index (χ3v) is 3.28. The molecule has 2 aromatic rings. The Morgan fingerprint density at radius 3 is 2.22 bits per heavy atom. The number of hydrogen-bond acceptors (Lipinski definition) is 5. The van der Waals surface area contributed by atoms with Crippen LogP contribution in [0, 0.1) is 11.6 Å². The molecule has 0 aliphatic carbocycles. The van der Waals surface area contributed by atoms with Crippen molar-refractivity contribution in [1.82, 2.24) is 10.2 Å². The minimum absolute atomic E-state index is 0.0306. The second-order valence-corrected chi connectivity index (χ2v) is 5.26. The van der Waals surface area contributed by atoms with Gasteiger partial charge in [-0.1, -0.05) is 0 Å². The molecule has 1 heterocycles. The number of rotatable bonds is 8. The number of benzene rings is 1. The lowest BCUT2D eigenvalue weighted by Gasteiger charge is -2.10. The maximum Gasteiger partial charge on any atom is 0.435 e. The van der Waals surface area contributed by atoms with Gasteiger partial charge in [-0.15, -0.1) is 10.2 Å². The first-order chi connectivity index (χ1) is 12.7. The third kappa shape index (κ3) is 5.50. The van der Waals surface area contributed by atoms with E-state index in [0.29, 0.717) is 12.8 Å². The van der Waals surface area contributed by atoms with Crippen LogP contribution in [0.1, 0.15) is 28.9 Å². The number of carbonyl (C=O) groups is 1. The van der Waals surface area contributed by atoms with Crippen LogP contribution in [0.2, 0.25) is 0 Å². The fraction of sp³-hybridized carbons (Fsp3) is 0.312. The molecule has 0 aliphatic heterocycles. The van der Waals surface area contributed by atoms with E-state index in [1.807, 2.05) is 0 Å². The number of ether oxygens (including phenoxy) is 2. The predicted molar refractivity (Wildman–Crippen MR) is 82.1 cm³/mol. The molecule has 27 heavy (non-hydrogen) atoms. The summed E-state index contributed by atoms with van der Waals surface area (Å²) in [5.74, 6) is -3.90. The van der Waals surface area contributed by atoms with E-state index in [4.69, 9.17) is 15.2 Å². The number of amides is 1. The third-order valence-electron chi connectivity index (χ3n) is 3.28. The van der Waals surface area contributed by atoms with Gasteiger partial charge in [0.25, 0.3) is 5.91 Å². The molecule has 2 N–H and O–H groups in total. The number of aromatic nitrogens is 2. The molecule has 0 saturated carbocycles. The van der Waals surface area contributed by atoms with E-state index in [2.05, 4.69) is 10.2 Å². The summed E-state index contributed by atoms with van der Waals surface area (Å²) in [6.07, 6.45) is -3.78. The van der Waals surface area contributed by atoms with E-state index in [0.717, 1.165) is 24.3 Å². The molecule has 0 aliphatic rings. The van der Waals surface area contributed by atoms with Crippen LogP contribution < -0.4 is 15.2 Å². The van der Waals surface area contributed by atoms with Gasteiger partial charge >= 0.3 is 6.18 Å². The maximum atomic E-state index is 13.9. The molecule has 1 amide bonds. The van der Waals surface area contributed by atoms with Crippen molar-refractivity contribution >= 4 is 5.91 Å². The summed E-state index contributed by atoms with van der Waals surface area (Å²) in [5, 5.41) is 6.31.